The Hall–Kier alpha value is -2.72. The van der Waals surface area contributed by atoms with Gasteiger partial charge >= 0.3 is 0 Å². The third-order valence-electron chi connectivity index (χ3n) is 5.49. The summed E-state index contributed by atoms with van der Waals surface area (Å²) < 4.78 is 0. The minimum Gasteiger partial charge on any atom is -0.366 e. The number of anilines is 1. The Morgan fingerprint density at radius 1 is 1.18 bits per heavy atom. The van der Waals surface area contributed by atoms with Crippen molar-refractivity contribution < 1.29 is 4.92 Å². The van der Waals surface area contributed by atoms with Crippen LogP contribution in [0.1, 0.15) is 53.7 Å². The Kier molecular flexibility index (Phi) is 5.40. The van der Waals surface area contributed by atoms with E-state index in [-0.39, 0.29) is 10.6 Å². The van der Waals surface area contributed by atoms with Crippen molar-refractivity contribution in [1.29, 1.82) is 5.26 Å². The molecule has 2 aromatic rings. The monoisotopic (exact) mass is 394 g/mol. The van der Waals surface area contributed by atoms with Crippen molar-refractivity contribution in [1.82, 2.24) is 0 Å². The molecule has 7 heteroatoms. The van der Waals surface area contributed by atoms with Crippen molar-refractivity contribution in [3.8, 4) is 6.07 Å². The predicted molar refractivity (Wildman–Crippen MR) is 112 cm³/mol. The van der Waals surface area contributed by atoms with Gasteiger partial charge in [0.1, 0.15) is 16.8 Å². The van der Waals surface area contributed by atoms with Gasteiger partial charge in [0.15, 0.2) is 0 Å². The van der Waals surface area contributed by atoms with E-state index in [2.05, 4.69) is 16.0 Å². The summed E-state index contributed by atoms with van der Waals surface area (Å²) in [6.45, 7) is 1.72. The summed E-state index contributed by atoms with van der Waals surface area (Å²) >= 11 is 1.58. The van der Waals surface area contributed by atoms with Gasteiger partial charge in [0, 0.05) is 30.2 Å². The molecule has 0 N–H and O–H groups in total. The van der Waals surface area contributed by atoms with Gasteiger partial charge in [-0.15, -0.1) is 11.3 Å². The molecule has 1 aromatic heterocycles. The molecular weight excluding hydrogens is 372 g/mol. The lowest BCUT2D eigenvalue weighted by Gasteiger charge is -2.28. The zero-order valence-corrected chi connectivity index (χ0v) is 16.5. The molecule has 2 aliphatic rings. The average Bonchev–Trinajstić information content (AvgIpc) is 3.10. The maximum absolute atomic E-state index is 11.6. The highest BCUT2D eigenvalue weighted by Gasteiger charge is 2.22. The normalized spacial score (nSPS) is 16.8. The smallest absolute Gasteiger partial charge is 0.293 e. The number of fused-ring (bicyclic) bond motifs is 1. The largest absolute Gasteiger partial charge is 0.366 e. The maximum atomic E-state index is 11.6. The van der Waals surface area contributed by atoms with Crippen molar-refractivity contribution in [2.75, 3.05) is 18.0 Å². The number of aliphatic imine (C=N–C) groups is 1. The van der Waals surface area contributed by atoms with Crippen LogP contribution in [0, 0.1) is 21.4 Å². The summed E-state index contributed by atoms with van der Waals surface area (Å²) in [6, 6.07) is 7.60. The van der Waals surface area contributed by atoms with Crippen LogP contribution in [0.3, 0.4) is 0 Å². The lowest BCUT2D eigenvalue weighted by Crippen LogP contribution is -2.29. The van der Waals surface area contributed by atoms with E-state index in [1.165, 1.54) is 11.3 Å². The standard InChI is InChI=1S/C21H22N4O2S/c22-13-17-16-6-2-3-7-20(16)28-21(17)23-14-15-8-9-18(19(12-15)25(26)27)24-10-4-1-5-11-24/h8-9,12,14H,1-7,10-11H2/b23-14+. The Labute approximate surface area is 168 Å². The summed E-state index contributed by atoms with van der Waals surface area (Å²) in [7, 11) is 0. The van der Waals surface area contributed by atoms with Crippen molar-refractivity contribution >= 4 is 33.9 Å². The lowest BCUT2D eigenvalue weighted by atomic mass is 9.96. The molecule has 28 heavy (non-hydrogen) atoms. The molecule has 0 spiro atoms. The number of piperidine rings is 1. The van der Waals surface area contributed by atoms with Crippen LogP contribution < -0.4 is 4.90 Å². The Balaban J connectivity index is 1.63. The molecule has 4 rings (SSSR count). The zero-order valence-electron chi connectivity index (χ0n) is 15.7. The molecule has 1 aliphatic heterocycles. The summed E-state index contributed by atoms with van der Waals surface area (Å²) in [5.74, 6) is 0. The number of hydrogen-bond donors (Lipinski definition) is 0. The summed E-state index contributed by atoms with van der Waals surface area (Å²) in [5.41, 5.74) is 3.32. The van der Waals surface area contributed by atoms with Gasteiger partial charge in [0.25, 0.3) is 5.69 Å². The van der Waals surface area contributed by atoms with E-state index in [0.29, 0.717) is 16.8 Å². The number of nitro benzene ring substituents is 1. The third kappa shape index (κ3) is 3.65. The second kappa shape index (κ2) is 8.11. The van der Waals surface area contributed by atoms with Gasteiger partial charge in [-0.05, 0) is 62.1 Å². The van der Waals surface area contributed by atoms with Crippen molar-refractivity contribution in [2.45, 2.75) is 44.9 Å². The Morgan fingerprint density at radius 2 is 1.96 bits per heavy atom. The molecule has 0 amide bonds. The predicted octanol–water partition coefficient (Wildman–Crippen LogP) is 5.15. The van der Waals surface area contributed by atoms with E-state index in [1.54, 1.807) is 23.6 Å². The Morgan fingerprint density at radius 3 is 2.71 bits per heavy atom. The Bertz CT molecular complexity index is 968. The lowest BCUT2D eigenvalue weighted by molar-refractivity contribution is -0.384. The second-order valence-corrected chi connectivity index (χ2v) is 8.40. The highest BCUT2D eigenvalue weighted by atomic mass is 32.1. The molecule has 0 bridgehead atoms. The van der Waals surface area contributed by atoms with Crippen LogP contribution in [0.4, 0.5) is 16.4 Å². The molecule has 0 saturated carbocycles. The molecule has 1 aromatic carbocycles. The van der Waals surface area contributed by atoms with Crippen molar-refractivity contribution in [3.05, 3.63) is 49.9 Å². The van der Waals surface area contributed by atoms with Crippen LogP contribution in [0.2, 0.25) is 0 Å². The van der Waals surface area contributed by atoms with Crippen molar-refractivity contribution in [2.24, 2.45) is 4.99 Å². The maximum Gasteiger partial charge on any atom is 0.293 e. The summed E-state index contributed by atoms with van der Waals surface area (Å²) in [5, 5.41) is 21.9. The first-order chi connectivity index (χ1) is 13.7. The zero-order chi connectivity index (χ0) is 19.5. The highest BCUT2D eigenvalue weighted by molar-refractivity contribution is 7.16. The van der Waals surface area contributed by atoms with Crippen LogP contribution in [-0.2, 0) is 12.8 Å². The van der Waals surface area contributed by atoms with Gasteiger partial charge in [-0.25, -0.2) is 4.99 Å². The number of hydrogen-bond acceptors (Lipinski definition) is 6. The molecule has 6 nitrogen and oxygen atoms in total. The van der Waals surface area contributed by atoms with E-state index < -0.39 is 0 Å². The molecule has 0 unspecified atom stereocenters. The van der Waals surface area contributed by atoms with E-state index >= 15 is 0 Å². The van der Waals surface area contributed by atoms with Crippen LogP contribution in [-0.4, -0.2) is 24.2 Å². The van der Waals surface area contributed by atoms with Crippen LogP contribution in [0.25, 0.3) is 0 Å². The van der Waals surface area contributed by atoms with Crippen molar-refractivity contribution in [3.63, 3.8) is 0 Å². The number of rotatable bonds is 4. The van der Waals surface area contributed by atoms with Gasteiger partial charge in [-0.2, -0.15) is 5.26 Å². The number of nitriles is 1. The molecule has 0 atom stereocenters. The average molecular weight is 395 g/mol. The summed E-state index contributed by atoms with van der Waals surface area (Å²) in [4.78, 5) is 19.2. The highest BCUT2D eigenvalue weighted by Crippen LogP contribution is 2.39. The van der Waals surface area contributed by atoms with Crippen LogP contribution in [0.5, 0.6) is 0 Å². The van der Waals surface area contributed by atoms with Gasteiger partial charge in [0.2, 0.25) is 0 Å². The van der Waals surface area contributed by atoms with Crippen LogP contribution in [0.15, 0.2) is 23.2 Å². The molecule has 2 heterocycles. The third-order valence-corrected chi connectivity index (χ3v) is 6.69. The SMILES string of the molecule is N#Cc1c(/N=C/c2ccc(N3CCCCC3)c([N+](=O)[O-])c2)sc2c1CCCC2. The first-order valence-electron chi connectivity index (χ1n) is 9.79. The van der Waals surface area contributed by atoms with Gasteiger partial charge < -0.3 is 4.90 Å². The quantitative estimate of drug-likeness (QED) is 0.408. The molecular formula is C21H22N4O2S. The number of nitro groups is 1. The number of thiophene rings is 1. The fourth-order valence-electron chi connectivity index (χ4n) is 4.06. The minimum absolute atomic E-state index is 0.122. The molecule has 1 aliphatic carbocycles. The van der Waals surface area contributed by atoms with E-state index in [4.69, 9.17) is 0 Å². The molecule has 1 fully saturated rings. The first kappa shape index (κ1) is 18.6. The van der Waals surface area contributed by atoms with Gasteiger partial charge in [-0.3, -0.25) is 10.1 Å². The molecule has 1 saturated heterocycles. The topological polar surface area (TPSA) is 82.5 Å². The van der Waals surface area contributed by atoms with Gasteiger partial charge in [-0.1, -0.05) is 6.07 Å². The molecule has 0 radical (unpaired) electrons. The van der Waals surface area contributed by atoms with E-state index in [0.717, 1.165) is 62.2 Å². The number of nitrogens with zero attached hydrogens (tertiary/aromatic N) is 4. The fourth-order valence-corrected chi connectivity index (χ4v) is 5.24. The fraction of sp³-hybridized carbons (Fsp3) is 0.429. The second-order valence-electron chi connectivity index (χ2n) is 7.31. The first-order valence-corrected chi connectivity index (χ1v) is 10.6. The number of benzene rings is 1. The van der Waals surface area contributed by atoms with Crippen LogP contribution >= 0.6 is 11.3 Å². The number of aryl methyl sites for hydroxylation is 1. The minimum atomic E-state index is -0.314. The van der Waals surface area contributed by atoms with E-state index in [1.807, 2.05) is 12.1 Å². The van der Waals surface area contributed by atoms with E-state index in [9.17, 15) is 15.4 Å². The van der Waals surface area contributed by atoms with Gasteiger partial charge in [0.05, 0.1) is 10.5 Å². The molecule has 144 valence electrons. The summed E-state index contributed by atoms with van der Waals surface area (Å²) in [6.07, 6.45) is 9.20.